The third kappa shape index (κ3) is 2.05. The van der Waals surface area contributed by atoms with E-state index in [1.165, 1.54) is 51.2 Å². The Bertz CT molecular complexity index is 426. The van der Waals surface area contributed by atoms with Gasteiger partial charge >= 0.3 is 0 Å². The minimum absolute atomic E-state index is 0.463. The van der Waals surface area contributed by atoms with Crippen LogP contribution in [0.15, 0.2) is 4.40 Å². The standard InChI is InChI=1S/C13H21NO2S/c1-17(15,16)14-9-10-8-13(10)11-6-4-2-3-5-7-12(11)13/h9-12H,2-8H2,1H3/b14-9+. The average Bonchev–Trinajstić information content (AvgIpc) is 3.01. The molecule has 0 amide bonds. The summed E-state index contributed by atoms with van der Waals surface area (Å²) in [4.78, 5) is 0. The van der Waals surface area contributed by atoms with Gasteiger partial charge in [-0.05, 0) is 36.5 Å². The van der Waals surface area contributed by atoms with Crippen LogP contribution in [-0.2, 0) is 10.0 Å². The monoisotopic (exact) mass is 255 g/mol. The first-order valence-electron chi connectivity index (χ1n) is 6.79. The number of hydrogen-bond acceptors (Lipinski definition) is 2. The van der Waals surface area contributed by atoms with Crippen LogP contribution in [0.2, 0.25) is 0 Å². The minimum Gasteiger partial charge on any atom is -0.205 e. The van der Waals surface area contributed by atoms with E-state index in [0.29, 0.717) is 11.3 Å². The van der Waals surface area contributed by atoms with Crippen molar-refractivity contribution in [3.63, 3.8) is 0 Å². The van der Waals surface area contributed by atoms with E-state index in [2.05, 4.69) is 4.40 Å². The summed E-state index contributed by atoms with van der Waals surface area (Å²) in [6, 6.07) is 0. The van der Waals surface area contributed by atoms with Crippen LogP contribution in [0, 0.1) is 23.2 Å². The summed E-state index contributed by atoms with van der Waals surface area (Å²) < 4.78 is 25.7. The van der Waals surface area contributed by atoms with Gasteiger partial charge in [0.25, 0.3) is 0 Å². The van der Waals surface area contributed by atoms with Gasteiger partial charge in [0.05, 0.1) is 6.26 Å². The molecule has 0 N–H and O–H groups in total. The molecule has 0 aromatic carbocycles. The minimum atomic E-state index is -3.18. The predicted octanol–water partition coefficient (Wildman–Crippen LogP) is 2.62. The van der Waals surface area contributed by atoms with E-state index < -0.39 is 10.0 Å². The molecule has 3 aliphatic carbocycles. The van der Waals surface area contributed by atoms with Crippen LogP contribution in [0.1, 0.15) is 44.9 Å². The normalized spacial score (nSPS) is 45.4. The molecule has 17 heavy (non-hydrogen) atoms. The van der Waals surface area contributed by atoms with Gasteiger partial charge in [0.15, 0.2) is 0 Å². The van der Waals surface area contributed by atoms with Crippen molar-refractivity contribution in [1.82, 2.24) is 0 Å². The fraction of sp³-hybridized carbons (Fsp3) is 0.923. The average molecular weight is 255 g/mol. The van der Waals surface area contributed by atoms with Gasteiger partial charge in [-0.3, -0.25) is 0 Å². The number of hydrogen-bond donors (Lipinski definition) is 0. The van der Waals surface area contributed by atoms with Gasteiger partial charge in [0.2, 0.25) is 10.0 Å². The number of fused-ring (bicyclic) bond motifs is 3. The van der Waals surface area contributed by atoms with Crippen molar-refractivity contribution in [3.8, 4) is 0 Å². The molecule has 0 saturated heterocycles. The van der Waals surface area contributed by atoms with Gasteiger partial charge in [0.1, 0.15) is 0 Å². The zero-order chi connectivity index (χ0) is 12.1. The number of rotatable bonds is 2. The van der Waals surface area contributed by atoms with E-state index in [0.717, 1.165) is 11.8 Å². The van der Waals surface area contributed by atoms with Crippen LogP contribution in [0.4, 0.5) is 0 Å². The molecular formula is C13H21NO2S. The van der Waals surface area contributed by atoms with Crippen molar-refractivity contribution in [2.75, 3.05) is 6.26 Å². The Hall–Kier alpha value is -0.380. The van der Waals surface area contributed by atoms with Gasteiger partial charge in [-0.2, -0.15) is 4.40 Å². The highest BCUT2D eigenvalue weighted by Crippen LogP contribution is 2.80. The lowest BCUT2D eigenvalue weighted by Crippen LogP contribution is -1.94. The van der Waals surface area contributed by atoms with Gasteiger partial charge in [-0.15, -0.1) is 0 Å². The third-order valence-electron chi connectivity index (χ3n) is 5.07. The first-order chi connectivity index (χ1) is 8.04. The highest BCUT2D eigenvalue weighted by Gasteiger charge is 2.75. The zero-order valence-electron chi connectivity index (χ0n) is 10.4. The quantitative estimate of drug-likeness (QED) is 0.712. The van der Waals surface area contributed by atoms with E-state index in [-0.39, 0.29) is 0 Å². The van der Waals surface area contributed by atoms with Crippen molar-refractivity contribution in [1.29, 1.82) is 0 Å². The Labute approximate surface area is 104 Å². The summed E-state index contributed by atoms with van der Waals surface area (Å²) in [5.41, 5.74) is 0.499. The Balaban J connectivity index is 1.65. The molecule has 0 aromatic rings. The summed E-state index contributed by atoms with van der Waals surface area (Å²) in [5.74, 6) is 2.24. The van der Waals surface area contributed by atoms with Crippen molar-refractivity contribution in [2.45, 2.75) is 44.9 Å². The van der Waals surface area contributed by atoms with Crippen molar-refractivity contribution in [3.05, 3.63) is 0 Å². The summed E-state index contributed by atoms with van der Waals surface area (Å²) in [7, 11) is -3.18. The fourth-order valence-corrected chi connectivity index (χ4v) is 4.57. The Kier molecular flexibility index (Phi) is 2.62. The highest BCUT2D eigenvalue weighted by atomic mass is 32.2. The summed E-state index contributed by atoms with van der Waals surface area (Å²) in [5, 5.41) is 0. The zero-order valence-corrected chi connectivity index (χ0v) is 11.2. The van der Waals surface area contributed by atoms with Crippen molar-refractivity contribution in [2.24, 2.45) is 27.6 Å². The maximum atomic E-state index is 11.0. The molecule has 3 saturated carbocycles. The largest absolute Gasteiger partial charge is 0.249 e. The molecule has 0 radical (unpaired) electrons. The van der Waals surface area contributed by atoms with Gasteiger partial charge in [-0.25, -0.2) is 8.42 Å². The van der Waals surface area contributed by atoms with Gasteiger partial charge in [0, 0.05) is 12.1 Å². The van der Waals surface area contributed by atoms with Crippen LogP contribution in [0.25, 0.3) is 0 Å². The smallest absolute Gasteiger partial charge is 0.205 e. The lowest BCUT2D eigenvalue weighted by atomic mass is 10.0. The van der Waals surface area contributed by atoms with E-state index in [4.69, 9.17) is 0 Å². The summed E-state index contributed by atoms with van der Waals surface area (Å²) >= 11 is 0. The van der Waals surface area contributed by atoms with Gasteiger partial charge < -0.3 is 0 Å². The van der Waals surface area contributed by atoms with Crippen LogP contribution in [0.3, 0.4) is 0 Å². The lowest BCUT2D eigenvalue weighted by Gasteiger charge is -2.05. The Morgan fingerprint density at radius 3 is 2.24 bits per heavy atom. The molecule has 3 nitrogen and oxygen atoms in total. The van der Waals surface area contributed by atoms with Crippen molar-refractivity contribution < 1.29 is 8.42 Å². The number of sulfonamides is 1. The second kappa shape index (κ2) is 3.81. The first-order valence-corrected chi connectivity index (χ1v) is 8.64. The predicted molar refractivity (Wildman–Crippen MR) is 68.6 cm³/mol. The Morgan fingerprint density at radius 1 is 1.12 bits per heavy atom. The molecule has 3 aliphatic rings. The molecule has 3 rings (SSSR count). The molecule has 96 valence electrons. The SMILES string of the molecule is CS(=O)(=O)/N=C/C1CC12C1CCCCCCC12. The molecule has 0 aliphatic heterocycles. The summed E-state index contributed by atoms with van der Waals surface area (Å²) in [6.45, 7) is 0. The second-order valence-electron chi connectivity index (χ2n) is 6.12. The molecular weight excluding hydrogens is 234 g/mol. The molecule has 3 fully saturated rings. The summed E-state index contributed by atoms with van der Waals surface area (Å²) in [6.07, 6.45) is 12.4. The Morgan fingerprint density at radius 2 is 1.71 bits per heavy atom. The second-order valence-corrected chi connectivity index (χ2v) is 7.79. The third-order valence-corrected chi connectivity index (χ3v) is 5.58. The van der Waals surface area contributed by atoms with E-state index in [1.807, 2.05) is 0 Å². The first kappa shape index (κ1) is 11.7. The molecule has 3 unspecified atom stereocenters. The molecule has 4 heteroatoms. The highest BCUT2D eigenvalue weighted by molar-refractivity contribution is 7.89. The van der Waals surface area contributed by atoms with E-state index in [9.17, 15) is 8.42 Å². The van der Waals surface area contributed by atoms with Crippen LogP contribution < -0.4 is 0 Å². The van der Waals surface area contributed by atoms with Gasteiger partial charge in [-0.1, -0.05) is 25.7 Å². The van der Waals surface area contributed by atoms with E-state index >= 15 is 0 Å². The molecule has 3 atom stereocenters. The lowest BCUT2D eigenvalue weighted by molar-refractivity contribution is 0.485. The van der Waals surface area contributed by atoms with Crippen molar-refractivity contribution >= 4 is 16.2 Å². The molecule has 0 bridgehead atoms. The fourth-order valence-electron chi connectivity index (χ4n) is 4.20. The van der Waals surface area contributed by atoms with Crippen LogP contribution in [-0.4, -0.2) is 20.9 Å². The van der Waals surface area contributed by atoms with E-state index in [1.54, 1.807) is 6.21 Å². The van der Waals surface area contributed by atoms with Crippen LogP contribution >= 0.6 is 0 Å². The molecule has 0 aromatic heterocycles. The molecule has 0 heterocycles. The molecule has 1 spiro atoms. The number of nitrogens with zero attached hydrogens (tertiary/aromatic N) is 1. The maximum absolute atomic E-state index is 11.0. The topological polar surface area (TPSA) is 46.5 Å². The maximum Gasteiger partial charge on any atom is 0.249 e. The van der Waals surface area contributed by atoms with Crippen LogP contribution in [0.5, 0.6) is 0 Å².